The number of hydrogen-bond acceptors (Lipinski definition) is 21. The third-order valence-corrected chi connectivity index (χ3v) is 10.6. The van der Waals surface area contributed by atoms with Gasteiger partial charge in [-0.15, -0.1) is 0 Å². The predicted octanol–water partition coefficient (Wildman–Crippen LogP) is -12.2. The van der Waals surface area contributed by atoms with Crippen molar-refractivity contribution in [1.82, 2.24) is 30.2 Å². The molecule has 7 N–H and O–H groups in total. The maximum Gasteiger partial charge on any atom is 1.00 e. The Morgan fingerprint density at radius 1 is 1.07 bits per heavy atom. The third-order valence-electron chi connectivity index (χ3n) is 6.79. The number of fused-ring (bicyclic) bond motifs is 1. The number of thioether (sulfide) groups is 1. The summed E-state index contributed by atoms with van der Waals surface area (Å²) < 4.78 is 60.5. The number of nitrogen functional groups attached to an aromatic ring is 1. The van der Waals surface area contributed by atoms with Gasteiger partial charge >= 0.3 is 56.6 Å². The molecule has 1 fully saturated rings. The summed E-state index contributed by atoms with van der Waals surface area (Å²) >= 11 is 1.02. The van der Waals surface area contributed by atoms with Crippen molar-refractivity contribution in [2.75, 3.05) is 37.8 Å². The number of phosphoric acid groups is 3. The molecular formula is C23H35Li3N7O17P3S. The molecule has 0 aromatic carbocycles. The van der Waals surface area contributed by atoms with E-state index in [1.807, 2.05) is 0 Å². The van der Waals surface area contributed by atoms with E-state index >= 15 is 0 Å². The van der Waals surface area contributed by atoms with Gasteiger partial charge in [-0.05, 0) is 0 Å². The Morgan fingerprint density at radius 2 is 1.70 bits per heavy atom. The molecule has 0 radical (unpaired) electrons. The molecule has 3 heterocycles. The first-order valence-corrected chi connectivity index (χ1v) is 19.9. The van der Waals surface area contributed by atoms with Gasteiger partial charge in [0.25, 0.3) is 23.5 Å². The Labute approximate surface area is 348 Å². The molecule has 24 nitrogen and oxygen atoms in total. The maximum atomic E-state index is 12.4. The molecular weight excluding hydrogens is 792 g/mol. The van der Waals surface area contributed by atoms with Crippen LogP contribution in [0.4, 0.5) is 5.82 Å². The van der Waals surface area contributed by atoms with Crippen LogP contribution >= 0.6 is 35.2 Å². The Balaban J connectivity index is 0.00000936. The zero-order chi connectivity index (χ0) is 38.4. The maximum absolute atomic E-state index is 12.4. The van der Waals surface area contributed by atoms with E-state index in [1.54, 1.807) is 0 Å². The normalized spacial score (nSPS) is 22.2. The number of ether oxygens (including phenoxy) is 1. The van der Waals surface area contributed by atoms with Crippen LogP contribution in [0, 0.1) is 5.41 Å². The van der Waals surface area contributed by atoms with Crippen LogP contribution in [0.1, 0.15) is 33.4 Å². The summed E-state index contributed by atoms with van der Waals surface area (Å²) in [4.78, 5) is 92.4. The van der Waals surface area contributed by atoms with Gasteiger partial charge in [0.05, 0.1) is 19.5 Å². The summed E-state index contributed by atoms with van der Waals surface area (Å²) in [5.41, 5.74) is 4.11. The number of nitrogens with two attached hydrogens (primary N) is 1. The number of phosphoric ester groups is 3. The third kappa shape index (κ3) is 16.3. The van der Waals surface area contributed by atoms with E-state index in [0.717, 1.165) is 29.0 Å². The first kappa shape index (κ1) is 53.4. The molecule has 0 saturated carbocycles. The van der Waals surface area contributed by atoms with Gasteiger partial charge in [0.2, 0.25) is 11.8 Å². The van der Waals surface area contributed by atoms with Crippen LogP contribution in [0.25, 0.3) is 11.2 Å². The van der Waals surface area contributed by atoms with Crippen molar-refractivity contribution >= 4 is 69.1 Å². The number of hydrogen-bond donors (Lipinski definition) is 6. The molecule has 3 rings (SSSR count). The minimum atomic E-state index is -5.89. The Kier molecular flexibility index (Phi) is 22.2. The van der Waals surface area contributed by atoms with Crippen molar-refractivity contribution in [2.24, 2.45) is 5.41 Å². The number of imidazole rings is 1. The quantitative estimate of drug-likeness (QED) is 0.0435. The van der Waals surface area contributed by atoms with Crippen LogP contribution in [0.2, 0.25) is 0 Å². The van der Waals surface area contributed by atoms with E-state index in [0.29, 0.717) is 5.75 Å². The number of nitrogens with zero attached hydrogens (tertiary/aromatic N) is 4. The number of anilines is 1. The minimum absolute atomic E-state index is 0. The van der Waals surface area contributed by atoms with Crippen LogP contribution in [-0.4, -0.2) is 108 Å². The van der Waals surface area contributed by atoms with Crippen molar-refractivity contribution in [3.8, 4) is 0 Å². The van der Waals surface area contributed by atoms with Gasteiger partial charge in [-0.2, -0.15) is 0 Å². The molecule has 288 valence electrons. The molecule has 8 unspecified atom stereocenters. The summed E-state index contributed by atoms with van der Waals surface area (Å²) in [6, 6.07) is 0. The SMILES string of the molecule is CC(=O)SCCNC(=O)CCNC(=O)C(O)C(C)(C)COP(=O)([O-])OP(=O)([O-])OCC1OC(n2cnc3c(N)ncnc32)C(O)C1OP(=O)([O-])O.[Li+].[Li+].[Li+]. The molecule has 2 aromatic heterocycles. The molecule has 8 atom stereocenters. The summed E-state index contributed by atoms with van der Waals surface area (Å²) in [6.07, 6.45) is -7.35. The predicted molar refractivity (Wildman–Crippen MR) is 166 cm³/mol. The molecule has 2 amide bonds. The van der Waals surface area contributed by atoms with Crippen LogP contribution in [0.15, 0.2) is 12.7 Å². The second-order valence-electron chi connectivity index (χ2n) is 11.3. The second kappa shape index (κ2) is 22.5. The van der Waals surface area contributed by atoms with E-state index in [1.165, 1.54) is 20.8 Å². The monoisotopic (exact) mass is 827 g/mol. The molecule has 1 saturated heterocycles. The molecule has 2 aromatic rings. The van der Waals surface area contributed by atoms with Crippen LogP contribution in [0.3, 0.4) is 0 Å². The van der Waals surface area contributed by atoms with Crippen LogP contribution < -0.4 is 87.6 Å². The van der Waals surface area contributed by atoms with Gasteiger partial charge in [-0.1, -0.05) is 25.6 Å². The van der Waals surface area contributed by atoms with E-state index in [9.17, 15) is 57.9 Å². The fourth-order valence-electron chi connectivity index (χ4n) is 4.31. The largest absolute Gasteiger partial charge is 1.00 e. The van der Waals surface area contributed by atoms with Gasteiger partial charge < -0.3 is 64.5 Å². The van der Waals surface area contributed by atoms with Gasteiger partial charge in [0, 0.05) is 37.6 Å². The van der Waals surface area contributed by atoms with Gasteiger partial charge in [0.15, 0.2) is 22.8 Å². The molecule has 31 heteroatoms. The van der Waals surface area contributed by atoms with Crippen molar-refractivity contribution in [2.45, 2.75) is 57.8 Å². The number of carbonyl (C=O) groups is 3. The average molecular weight is 827 g/mol. The fourth-order valence-corrected chi connectivity index (χ4v) is 7.54. The van der Waals surface area contributed by atoms with Gasteiger partial charge in [0.1, 0.15) is 36.3 Å². The van der Waals surface area contributed by atoms with Crippen molar-refractivity contribution in [1.29, 1.82) is 0 Å². The number of aromatic nitrogens is 4. The average Bonchev–Trinajstić information content (AvgIpc) is 3.57. The summed E-state index contributed by atoms with van der Waals surface area (Å²) in [7, 11) is -17.3. The van der Waals surface area contributed by atoms with Crippen molar-refractivity contribution in [3.05, 3.63) is 12.7 Å². The van der Waals surface area contributed by atoms with Crippen LogP contribution in [0.5, 0.6) is 0 Å². The smallest absolute Gasteiger partial charge is 0.756 e. The first-order valence-electron chi connectivity index (χ1n) is 14.5. The van der Waals surface area contributed by atoms with Gasteiger partial charge in [-0.25, -0.2) is 19.3 Å². The number of aliphatic hydroxyl groups is 2. The van der Waals surface area contributed by atoms with E-state index in [2.05, 4.69) is 43.5 Å². The van der Waals surface area contributed by atoms with Gasteiger partial charge in [-0.3, -0.25) is 32.6 Å². The van der Waals surface area contributed by atoms with E-state index in [4.69, 9.17) is 10.5 Å². The van der Waals surface area contributed by atoms with Crippen molar-refractivity contribution in [3.63, 3.8) is 0 Å². The molecule has 1 aliphatic rings. The topological polar surface area (TPSA) is 372 Å². The number of aliphatic hydroxyl groups excluding tert-OH is 2. The summed E-state index contributed by atoms with van der Waals surface area (Å²) in [6.45, 7) is 1.54. The summed E-state index contributed by atoms with van der Waals surface area (Å²) in [5, 5.41) is 25.9. The number of carbonyl (C=O) groups excluding carboxylic acids is 3. The Morgan fingerprint density at radius 3 is 2.31 bits per heavy atom. The first-order chi connectivity index (χ1) is 23.5. The standard InChI is InChI=1S/C23H38N7O17P3S.3Li/c1-12(31)51-7-6-25-14(32)4-5-26-21(35)18(34)23(2,3)9-44-50(41,42)47-49(39,40)43-8-13-17(46-48(36,37)38)16(33)22(45-13)30-11-29-15-19(24)27-10-28-20(15)30;;;/h10-11,13,16-18,22,33-34H,4-9H2,1-3H3,(H,25,32)(H,26,35)(H,39,40)(H,41,42)(H2,24,27,28)(H2,36,37,38);;;/q;3*+1/p-3. The zero-order valence-electron chi connectivity index (χ0n) is 30.0. The number of rotatable bonds is 19. The molecule has 0 spiro atoms. The van der Waals surface area contributed by atoms with Crippen LogP contribution in [-0.2, 0) is 50.7 Å². The Bertz CT molecular complexity index is 1730. The Hall–Kier alpha value is -0.648. The molecule has 54 heavy (non-hydrogen) atoms. The minimum Gasteiger partial charge on any atom is -0.756 e. The van der Waals surface area contributed by atoms with Crippen molar-refractivity contribution < 1.29 is 137 Å². The van der Waals surface area contributed by atoms with E-state index < -0.39 is 84.6 Å². The molecule has 1 aliphatic heterocycles. The zero-order valence-corrected chi connectivity index (χ0v) is 33.5. The molecule has 0 aliphatic carbocycles. The fraction of sp³-hybridized carbons (Fsp3) is 0.652. The van der Waals surface area contributed by atoms with E-state index in [-0.39, 0.29) is 98.2 Å². The molecule has 0 bridgehead atoms. The summed E-state index contributed by atoms with van der Waals surface area (Å²) in [5.74, 6) is -1.17. The number of nitrogens with one attached hydrogen (secondary N) is 2. The number of amides is 2. The second-order valence-corrected chi connectivity index (χ2v) is 16.7.